The van der Waals surface area contributed by atoms with Crippen molar-refractivity contribution in [3.63, 3.8) is 0 Å². The number of hydrogen-bond acceptors (Lipinski definition) is 3. The second-order valence-electron chi connectivity index (χ2n) is 9.22. The van der Waals surface area contributed by atoms with Crippen LogP contribution in [0.4, 0.5) is 0 Å². The zero-order valence-electron chi connectivity index (χ0n) is 20.8. The van der Waals surface area contributed by atoms with E-state index in [9.17, 15) is 13.5 Å². The Morgan fingerprint density at radius 2 is 1.08 bits per heavy atom. The van der Waals surface area contributed by atoms with Gasteiger partial charge in [-0.1, -0.05) is 115 Å². The summed E-state index contributed by atoms with van der Waals surface area (Å²) < 4.78 is 29.6. The molecule has 0 atom stereocenters. The van der Waals surface area contributed by atoms with Crippen LogP contribution in [-0.2, 0) is 9.84 Å². The minimum absolute atomic E-state index is 0.0807. The Labute approximate surface area is 241 Å². The molecule has 0 saturated heterocycles. The van der Waals surface area contributed by atoms with E-state index in [1.54, 1.807) is 42.5 Å². The Morgan fingerprint density at radius 3 is 1.72 bits per heavy atom. The Hall–Kier alpha value is -3.94. The Morgan fingerprint density at radius 1 is 0.564 bits per heavy atom. The largest absolute Gasteiger partial charge is 0.507 e. The topological polar surface area (TPSA) is 54.4 Å². The average molecular weight is 639 g/mol. The van der Waals surface area contributed by atoms with E-state index in [0.717, 1.165) is 32.8 Å². The molecule has 0 radical (unpaired) electrons. The Bertz CT molecular complexity index is 1980. The van der Waals surface area contributed by atoms with Crippen LogP contribution in [0.25, 0.3) is 41.2 Å². The second-order valence-corrected chi connectivity index (χ2v) is 12.2. The van der Waals surface area contributed by atoms with Gasteiger partial charge in [0.25, 0.3) is 0 Å². The highest BCUT2D eigenvalue weighted by molar-refractivity contribution is 14.1. The first kappa shape index (κ1) is 25.3. The maximum absolute atomic E-state index is 14.6. The number of halogens is 1. The van der Waals surface area contributed by atoms with Crippen molar-refractivity contribution in [3.8, 4) is 16.9 Å². The summed E-state index contributed by atoms with van der Waals surface area (Å²) in [6.07, 6.45) is 0. The van der Waals surface area contributed by atoms with Gasteiger partial charge >= 0.3 is 0 Å². The fourth-order valence-corrected chi connectivity index (χ4v) is 8.35. The first-order valence-electron chi connectivity index (χ1n) is 12.5. The molecular formula is C34H23IO3S. The van der Waals surface area contributed by atoms with Crippen LogP contribution in [0.1, 0.15) is 11.1 Å². The molecule has 190 valence electrons. The monoisotopic (exact) mass is 638 g/mol. The molecule has 0 amide bonds. The van der Waals surface area contributed by atoms with Crippen molar-refractivity contribution in [1.82, 2.24) is 0 Å². The zero-order chi connectivity index (χ0) is 27.0. The van der Waals surface area contributed by atoms with Crippen molar-refractivity contribution in [3.05, 3.63) is 145 Å². The van der Waals surface area contributed by atoms with Gasteiger partial charge in [-0.25, -0.2) is 8.42 Å². The van der Waals surface area contributed by atoms with Crippen molar-refractivity contribution in [2.45, 2.75) is 4.90 Å². The summed E-state index contributed by atoms with van der Waals surface area (Å²) in [7, 11) is -4.07. The number of phenolic OH excluding ortho intramolecular Hbond substituents is 1. The molecule has 0 unspecified atom stereocenters. The fraction of sp³-hybridized carbons (Fsp3) is 0. The van der Waals surface area contributed by atoms with E-state index in [0.29, 0.717) is 14.5 Å². The van der Waals surface area contributed by atoms with Gasteiger partial charge < -0.3 is 5.11 Å². The number of phenols is 1. The normalized spacial score (nSPS) is 12.4. The molecule has 5 heteroatoms. The first-order valence-corrected chi connectivity index (χ1v) is 15.0. The smallest absolute Gasteiger partial charge is 0.208 e. The molecule has 3 nitrogen and oxygen atoms in total. The number of benzene rings is 6. The molecule has 0 aliphatic heterocycles. The summed E-state index contributed by atoms with van der Waals surface area (Å²) in [5.41, 5.74) is 3.00. The summed E-state index contributed by atoms with van der Waals surface area (Å²) in [5, 5.41) is 14.7. The van der Waals surface area contributed by atoms with Gasteiger partial charge in [-0.05, 0) is 73.5 Å². The highest BCUT2D eigenvalue weighted by Gasteiger charge is 2.31. The van der Waals surface area contributed by atoms with Crippen molar-refractivity contribution in [2.75, 3.05) is 0 Å². The summed E-state index contributed by atoms with van der Waals surface area (Å²) in [6, 6.07) is 41.4. The van der Waals surface area contributed by atoms with Gasteiger partial charge in [-0.15, -0.1) is 0 Å². The van der Waals surface area contributed by atoms with Crippen molar-refractivity contribution in [1.29, 1.82) is 0 Å². The van der Waals surface area contributed by atoms with Crippen LogP contribution in [0.5, 0.6) is 5.75 Å². The van der Waals surface area contributed by atoms with E-state index in [2.05, 4.69) is 28.7 Å². The van der Waals surface area contributed by atoms with Crippen LogP contribution in [-0.4, -0.2) is 13.5 Å². The summed E-state index contributed by atoms with van der Waals surface area (Å²) >= 11 is 2.16. The van der Waals surface area contributed by atoms with Gasteiger partial charge in [-0.3, -0.25) is 0 Å². The molecule has 0 heterocycles. The standard InChI is InChI=1S/C34H23IO3S/c35-33(31-27-17-9-7-13-24(27)19-21-29(31)23-11-3-1-4-12-23)34(39(37,38)26-15-5-2-6-16-26)32-28-18-10-8-14-25(28)20-22-30(32)36/h1-22,36H/b34-33+. The molecule has 0 aromatic heterocycles. The quantitative estimate of drug-likeness (QED) is 0.151. The number of aromatic hydroxyl groups is 1. The van der Waals surface area contributed by atoms with Gasteiger partial charge in [0.05, 0.1) is 9.80 Å². The van der Waals surface area contributed by atoms with E-state index >= 15 is 0 Å². The molecule has 0 fully saturated rings. The molecular weight excluding hydrogens is 615 g/mol. The minimum atomic E-state index is -4.07. The Balaban J connectivity index is 1.82. The maximum atomic E-state index is 14.6. The van der Waals surface area contributed by atoms with Crippen LogP contribution >= 0.6 is 22.6 Å². The highest BCUT2D eigenvalue weighted by atomic mass is 127. The van der Waals surface area contributed by atoms with E-state index in [4.69, 9.17) is 0 Å². The zero-order valence-corrected chi connectivity index (χ0v) is 23.7. The SMILES string of the molecule is O=S(=O)(/C(=C(/I)c1c(-c2ccccc2)ccc2ccccc12)c1c(O)ccc2ccccc12)c1ccccc1. The average Bonchev–Trinajstić information content (AvgIpc) is 2.98. The van der Waals surface area contributed by atoms with Crippen LogP contribution in [0.15, 0.2) is 138 Å². The predicted octanol–water partition coefficient (Wildman–Crippen LogP) is 9.10. The summed E-state index contributed by atoms with van der Waals surface area (Å²) in [5.74, 6) is -0.0844. The molecule has 6 aromatic carbocycles. The lowest BCUT2D eigenvalue weighted by Gasteiger charge is -2.20. The third-order valence-electron chi connectivity index (χ3n) is 6.89. The number of rotatable bonds is 5. The van der Waals surface area contributed by atoms with E-state index < -0.39 is 9.84 Å². The van der Waals surface area contributed by atoms with Crippen molar-refractivity contribution in [2.24, 2.45) is 0 Å². The molecule has 0 aliphatic rings. The van der Waals surface area contributed by atoms with Gasteiger partial charge in [0.15, 0.2) is 0 Å². The van der Waals surface area contributed by atoms with Crippen LogP contribution in [0.3, 0.4) is 0 Å². The summed E-state index contributed by atoms with van der Waals surface area (Å²) in [6.45, 7) is 0. The molecule has 6 rings (SSSR count). The van der Waals surface area contributed by atoms with Gasteiger partial charge in [-0.2, -0.15) is 0 Å². The molecule has 39 heavy (non-hydrogen) atoms. The molecule has 0 saturated carbocycles. The molecule has 0 aliphatic carbocycles. The second kappa shape index (κ2) is 10.3. The van der Waals surface area contributed by atoms with Crippen molar-refractivity contribution >= 4 is 62.5 Å². The van der Waals surface area contributed by atoms with Gasteiger partial charge in [0, 0.05) is 14.7 Å². The third-order valence-corrected chi connectivity index (χ3v) is 10.2. The fourth-order valence-electron chi connectivity index (χ4n) is 5.06. The highest BCUT2D eigenvalue weighted by Crippen LogP contribution is 2.48. The lowest BCUT2D eigenvalue weighted by molar-refractivity contribution is 0.474. The predicted molar refractivity (Wildman–Crippen MR) is 169 cm³/mol. The van der Waals surface area contributed by atoms with Gasteiger partial charge in [0.1, 0.15) is 5.75 Å². The maximum Gasteiger partial charge on any atom is 0.208 e. The molecule has 0 spiro atoms. The molecule has 6 aromatic rings. The first-order chi connectivity index (χ1) is 19.0. The van der Waals surface area contributed by atoms with Crippen molar-refractivity contribution < 1.29 is 13.5 Å². The Kier molecular flexibility index (Phi) is 6.71. The number of fused-ring (bicyclic) bond motifs is 2. The van der Waals surface area contributed by atoms with E-state index in [1.807, 2.05) is 84.9 Å². The number of hydrogen-bond donors (Lipinski definition) is 1. The molecule has 1 N–H and O–H groups in total. The van der Waals surface area contributed by atoms with Gasteiger partial charge in [0.2, 0.25) is 9.84 Å². The lowest BCUT2D eigenvalue weighted by atomic mass is 9.93. The molecule has 0 bridgehead atoms. The van der Waals surface area contributed by atoms with Crippen LogP contribution < -0.4 is 0 Å². The summed E-state index contributed by atoms with van der Waals surface area (Å²) in [4.78, 5) is 0.250. The van der Waals surface area contributed by atoms with Crippen LogP contribution in [0.2, 0.25) is 0 Å². The van der Waals surface area contributed by atoms with E-state index in [1.165, 1.54) is 0 Å². The van der Waals surface area contributed by atoms with E-state index in [-0.39, 0.29) is 15.6 Å². The third kappa shape index (κ3) is 4.51. The minimum Gasteiger partial charge on any atom is -0.507 e. The number of sulfone groups is 1. The lowest BCUT2D eigenvalue weighted by Crippen LogP contribution is -2.07. The van der Waals surface area contributed by atoms with Crippen LogP contribution in [0, 0.1) is 0 Å².